The Balaban J connectivity index is 1.37. The van der Waals surface area contributed by atoms with Crippen LogP contribution in [0.3, 0.4) is 0 Å². The van der Waals surface area contributed by atoms with Crippen LogP contribution in [0.2, 0.25) is 0 Å². The Morgan fingerprint density at radius 2 is 1.87 bits per heavy atom. The monoisotopic (exact) mass is 558 g/mol. The quantitative estimate of drug-likeness (QED) is 0.515. The van der Waals surface area contributed by atoms with Crippen molar-refractivity contribution in [1.29, 1.82) is 0 Å². The van der Waals surface area contributed by atoms with E-state index in [0.29, 0.717) is 76.9 Å². The molecular formula is C23H32F2N6O6S. The Labute approximate surface area is 218 Å². The number of nitrogens with one attached hydrogen (secondary N) is 1. The number of morpholine rings is 1. The molecule has 15 heteroatoms. The molecule has 4 heterocycles. The van der Waals surface area contributed by atoms with Crippen molar-refractivity contribution < 1.29 is 31.8 Å². The van der Waals surface area contributed by atoms with Crippen LogP contribution in [0.4, 0.5) is 14.7 Å². The summed E-state index contributed by atoms with van der Waals surface area (Å²) in [4.78, 5) is 22.0. The third-order valence-corrected chi connectivity index (χ3v) is 9.59. The summed E-state index contributed by atoms with van der Waals surface area (Å²) >= 11 is 0. The number of aliphatic hydroxyl groups is 1. The number of ether oxygens (including phenoxy) is 2. The summed E-state index contributed by atoms with van der Waals surface area (Å²) in [6, 6.07) is 0.401. The molecule has 0 radical (unpaired) electrons. The SMILES string of the molecule is C[C@@]1(O)CCC[C@H]1n1c(=O)c(OC(F)F)cc2cnc(NC3CCN(S(=O)(=O)N4CCOCC4)CC3)nc21. The van der Waals surface area contributed by atoms with E-state index in [4.69, 9.17) is 4.74 Å². The molecule has 0 spiro atoms. The number of anilines is 1. The van der Waals surface area contributed by atoms with Crippen LogP contribution in [0.15, 0.2) is 17.1 Å². The third kappa shape index (κ3) is 5.34. The van der Waals surface area contributed by atoms with Gasteiger partial charge in [0, 0.05) is 43.8 Å². The first kappa shape index (κ1) is 27.1. The minimum atomic E-state index is -3.55. The van der Waals surface area contributed by atoms with Crippen LogP contribution >= 0.6 is 0 Å². The second-order valence-corrected chi connectivity index (χ2v) is 12.1. The molecule has 5 rings (SSSR count). The molecule has 3 fully saturated rings. The molecule has 2 aromatic heterocycles. The second kappa shape index (κ2) is 10.6. The fourth-order valence-corrected chi connectivity index (χ4v) is 7.14. The van der Waals surface area contributed by atoms with E-state index in [1.807, 2.05) is 0 Å². The summed E-state index contributed by atoms with van der Waals surface area (Å²) in [5.74, 6) is -0.311. The summed E-state index contributed by atoms with van der Waals surface area (Å²) in [7, 11) is -3.55. The van der Waals surface area contributed by atoms with E-state index < -0.39 is 39.8 Å². The highest BCUT2D eigenvalue weighted by Gasteiger charge is 2.40. The summed E-state index contributed by atoms with van der Waals surface area (Å²) < 4.78 is 65.7. The average Bonchev–Trinajstić information content (AvgIpc) is 3.23. The number of alkyl halides is 2. The summed E-state index contributed by atoms with van der Waals surface area (Å²) in [5, 5.41) is 14.4. The Kier molecular flexibility index (Phi) is 7.57. The highest BCUT2D eigenvalue weighted by atomic mass is 32.2. The molecule has 2 atom stereocenters. The van der Waals surface area contributed by atoms with Crippen LogP contribution in [0.5, 0.6) is 5.75 Å². The van der Waals surface area contributed by atoms with Crippen molar-refractivity contribution >= 4 is 27.2 Å². The molecule has 0 bridgehead atoms. The predicted molar refractivity (Wildman–Crippen MR) is 133 cm³/mol. The standard InChI is InChI=1S/C23H32F2N6O6S/c1-23(33)6-2-3-18(23)31-19-15(13-17(20(31)32)37-21(24)25)14-26-22(28-19)27-16-4-7-29(8-5-16)38(34,35)30-9-11-36-12-10-30/h13-14,16,18,21,33H,2-12H2,1H3,(H,26,27,28)/t18-,23-/m1/s1. The number of aromatic nitrogens is 3. The van der Waals surface area contributed by atoms with Gasteiger partial charge in [0.15, 0.2) is 5.75 Å². The summed E-state index contributed by atoms with van der Waals surface area (Å²) in [6.45, 7) is 0.529. The molecule has 2 N–H and O–H groups in total. The number of halogens is 2. The van der Waals surface area contributed by atoms with Gasteiger partial charge in [-0.05, 0) is 45.1 Å². The van der Waals surface area contributed by atoms with Crippen molar-refractivity contribution in [2.75, 3.05) is 44.7 Å². The third-order valence-electron chi connectivity index (χ3n) is 7.56. The molecule has 2 aromatic rings. The van der Waals surface area contributed by atoms with Crippen molar-refractivity contribution in [1.82, 2.24) is 23.1 Å². The Morgan fingerprint density at radius 1 is 1.18 bits per heavy atom. The van der Waals surface area contributed by atoms with E-state index in [2.05, 4.69) is 20.0 Å². The normalized spacial score (nSPS) is 26.3. The fraction of sp³-hybridized carbons (Fsp3) is 0.696. The van der Waals surface area contributed by atoms with Gasteiger partial charge in [-0.1, -0.05) is 0 Å². The van der Waals surface area contributed by atoms with Gasteiger partial charge in [-0.25, -0.2) is 4.98 Å². The van der Waals surface area contributed by atoms with E-state index in [9.17, 15) is 27.1 Å². The van der Waals surface area contributed by atoms with Crippen molar-refractivity contribution in [3.63, 3.8) is 0 Å². The van der Waals surface area contributed by atoms with Gasteiger partial charge in [0.1, 0.15) is 5.65 Å². The lowest BCUT2D eigenvalue weighted by Crippen LogP contribution is -2.51. The van der Waals surface area contributed by atoms with Gasteiger partial charge in [0.2, 0.25) is 5.95 Å². The number of piperidine rings is 1. The summed E-state index contributed by atoms with van der Waals surface area (Å²) in [6.07, 6.45) is 4.05. The fourth-order valence-electron chi connectivity index (χ4n) is 5.53. The van der Waals surface area contributed by atoms with E-state index >= 15 is 0 Å². The highest BCUT2D eigenvalue weighted by molar-refractivity contribution is 7.86. The van der Waals surface area contributed by atoms with E-state index in [0.717, 1.165) is 0 Å². The molecular weight excluding hydrogens is 526 g/mol. The number of nitrogens with zero attached hydrogens (tertiary/aromatic N) is 5. The maximum Gasteiger partial charge on any atom is 0.387 e. The Morgan fingerprint density at radius 3 is 2.50 bits per heavy atom. The zero-order valence-corrected chi connectivity index (χ0v) is 21.9. The molecule has 1 aliphatic carbocycles. The molecule has 38 heavy (non-hydrogen) atoms. The Bertz CT molecular complexity index is 1330. The lowest BCUT2D eigenvalue weighted by atomic mass is 10.00. The molecule has 1 saturated carbocycles. The minimum Gasteiger partial charge on any atom is -0.429 e. The first-order chi connectivity index (χ1) is 18.1. The maximum atomic E-state index is 13.2. The average molecular weight is 559 g/mol. The zero-order chi connectivity index (χ0) is 27.1. The van der Waals surface area contributed by atoms with Crippen LogP contribution in [-0.2, 0) is 14.9 Å². The molecule has 2 aliphatic heterocycles. The number of hydrogen-bond acceptors (Lipinski definition) is 9. The van der Waals surface area contributed by atoms with Crippen molar-refractivity contribution in [3.8, 4) is 5.75 Å². The molecule has 12 nitrogen and oxygen atoms in total. The Hall–Kier alpha value is -2.46. The first-order valence-electron chi connectivity index (χ1n) is 12.8. The van der Waals surface area contributed by atoms with Gasteiger partial charge in [-0.2, -0.15) is 30.8 Å². The van der Waals surface area contributed by atoms with Gasteiger partial charge < -0.3 is 19.9 Å². The zero-order valence-electron chi connectivity index (χ0n) is 21.1. The predicted octanol–water partition coefficient (Wildman–Crippen LogP) is 1.32. The largest absolute Gasteiger partial charge is 0.429 e. The first-order valence-corrected chi connectivity index (χ1v) is 14.1. The lowest BCUT2D eigenvalue weighted by Gasteiger charge is -2.36. The maximum absolute atomic E-state index is 13.2. The lowest BCUT2D eigenvalue weighted by molar-refractivity contribution is -0.0513. The van der Waals surface area contributed by atoms with Crippen molar-refractivity contribution in [3.05, 3.63) is 22.6 Å². The van der Waals surface area contributed by atoms with E-state index in [1.165, 1.54) is 25.4 Å². The van der Waals surface area contributed by atoms with Crippen LogP contribution in [0.1, 0.15) is 45.1 Å². The number of fused-ring (bicyclic) bond motifs is 1. The molecule has 0 amide bonds. The smallest absolute Gasteiger partial charge is 0.387 e. The molecule has 2 saturated heterocycles. The highest BCUT2D eigenvalue weighted by Crippen LogP contribution is 2.40. The van der Waals surface area contributed by atoms with Gasteiger partial charge in [-0.15, -0.1) is 0 Å². The minimum absolute atomic E-state index is 0.111. The molecule has 0 unspecified atom stereocenters. The second-order valence-electron chi connectivity index (χ2n) is 10.1. The van der Waals surface area contributed by atoms with Crippen LogP contribution < -0.4 is 15.6 Å². The molecule has 0 aromatic carbocycles. The van der Waals surface area contributed by atoms with E-state index in [-0.39, 0.29) is 17.6 Å². The number of rotatable bonds is 7. The van der Waals surface area contributed by atoms with E-state index in [1.54, 1.807) is 6.92 Å². The van der Waals surface area contributed by atoms with Gasteiger partial charge in [0.05, 0.1) is 24.9 Å². The van der Waals surface area contributed by atoms with Crippen molar-refractivity contribution in [2.24, 2.45) is 0 Å². The van der Waals surface area contributed by atoms with Gasteiger partial charge in [0.25, 0.3) is 15.8 Å². The number of hydrogen-bond donors (Lipinski definition) is 2. The molecule has 210 valence electrons. The van der Waals surface area contributed by atoms with Gasteiger partial charge in [-0.3, -0.25) is 9.36 Å². The number of pyridine rings is 1. The van der Waals surface area contributed by atoms with Crippen molar-refractivity contribution in [2.45, 2.75) is 63.3 Å². The van der Waals surface area contributed by atoms with Crippen LogP contribution in [0, 0.1) is 0 Å². The summed E-state index contributed by atoms with van der Waals surface area (Å²) in [5.41, 5.74) is -1.82. The van der Waals surface area contributed by atoms with Crippen LogP contribution in [-0.4, -0.2) is 94.3 Å². The molecule has 3 aliphatic rings. The van der Waals surface area contributed by atoms with Crippen LogP contribution in [0.25, 0.3) is 11.0 Å². The topological polar surface area (TPSA) is 139 Å². The van der Waals surface area contributed by atoms with Gasteiger partial charge >= 0.3 is 6.61 Å².